The summed E-state index contributed by atoms with van der Waals surface area (Å²) in [5.41, 5.74) is 3.48. The Labute approximate surface area is 198 Å². The van der Waals surface area contributed by atoms with E-state index in [-0.39, 0.29) is 18.1 Å². The van der Waals surface area contributed by atoms with Gasteiger partial charge in [-0.25, -0.2) is 14.4 Å². The van der Waals surface area contributed by atoms with Crippen LogP contribution in [0.5, 0.6) is 0 Å². The molecule has 7 nitrogen and oxygen atoms in total. The number of ether oxygens (including phenoxy) is 1. The zero-order valence-corrected chi connectivity index (χ0v) is 19.3. The number of esters is 1. The lowest BCUT2D eigenvalue weighted by atomic mass is 10.1. The monoisotopic (exact) mass is 464 g/mol. The number of rotatable bonds is 8. The molecule has 1 saturated heterocycles. The molecule has 0 aliphatic carbocycles. The lowest BCUT2D eigenvalue weighted by Gasteiger charge is -2.36. The number of carbonyl (C=O) groups excluding carboxylic acids is 1. The number of hydrogen-bond donors (Lipinski definition) is 1. The van der Waals surface area contributed by atoms with Gasteiger partial charge in [0.25, 0.3) is 0 Å². The minimum Gasteiger partial charge on any atom is -0.466 e. The molecular formula is C26H29FN4O3. The highest BCUT2D eigenvalue weighted by molar-refractivity contribution is 5.69. The van der Waals surface area contributed by atoms with Crippen LogP contribution in [-0.4, -0.2) is 53.8 Å². The first-order chi connectivity index (χ1) is 16.6. The van der Waals surface area contributed by atoms with E-state index in [4.69, 9.17) is 4.74 Å². The number of halogens is 1. The molecule has 0 bridgehead atoms. The largest absolute Gasteiger partial charge is 0.466 e. The minimum absolute atomic E-state index is 0.165. The zero-order chi connectivity index (χ0) is 23.9. The molecule has 0 saturated carbocycles. The van der Waals surface area contributed by atoms with E-state index in [0.29, 0.717) is 36.5 Å². The van der Waals surface area contributed by atoms with Crippen LogP contribution in [0.25, 0.3) is 11.1 Å². The van der Waals surface area contributed by atoms with Crippen molar-refractivity contribution in [1.29, 1.82) is 0 Å². The first-order valence-corrected chi connectivity index (χ1v) is 11.5. The third-order valence-electron chi connectivity index (χ3n) is 5.99. The molecule has 2 heterocycles. The van der Waals surface area contributed by atoms with Crippen molar-refractivity contribution in [2.24, 2.45) is 0 Å². The van der Waals surface area contributed by atoms with Crippen LogP contribution in [0.4, 0.5) is 16.0 Å². The van der Waals surface area contributed by atoms with Crippen molar-refractivity contribution in [3.05, 3.63) is 71.8 Å². The van der Waals surface area contributed by atoms with E-state index in [1.165, 1.54) is 0 Å². The Morgan fingerprint density at radius 3 is 2.35 bits per heavy atom. The Morgan fingerprint density at radius 1 is 1.03 bits per heavy atom. The van der Waals surface area contributed by atoms with Crippen LogP contribution in [0.15, 0.2) is 54.9 Å². The molecule has 0 spiro atoms. The smallest absolute Gasteiger partial charge is 0.306 e. The summed E-state index contributed by atoms with van der Waals surface area (Å²) in [5, 5.41) is 9.28. The summed E-state index contributed by atoms with van der Waals surface area (Å²) in [6.45, 7) is 5.10. The van der Waals surface area contributed by atoms with Gasteiger partial charge in [0.1, 0.15) is 5.82 Å². The minimum atomic E-state index is -0.443. The highest BCUT2D eigenvalue weighted by atomic mass is 19.1. The molecule has 1 aliphatic heterocycles. The van der Waals surface area contributed by atoms with Crippen LogP contribution in [0.2, 0.25) is 0 Å². The molecule has 4 rings (SSSR count). The summed E-state index contributed by atoms with van der Waals surface area (Å²) in [6.07, 6.45) is 4.32. The van der Waals surface area contributed by atoms with Gasteiger partial charge in [-0.05, 0) is 31.0 Å². The maximum Gasteiger partial charge on any atom is 0.306 e. The molecule has 3 aromatic rings. The van der Waals surface area contributed by atoms with Gasteiger partial charge in [-0.1, -0.05) is 30.3 Å². The lowest BCUT2D eigenvalue weighted by molar-refractivity contribution is -0.143. The van der Waals surface area contributed by atoms with Crippen LogP contribution >= 0.6 is 0 Å². The number of benzene rings is 2. The van der Waals surface area contributed by atoms with Crippen molar-refractivity contribution < 1.29 is 19.0 Å². The first kappa shape index (κ1) is 23.6. The number of aromatic nitrogens is 2. The Balaban J connectivity index is 1.33. The Morgan fingerprint density at radius 2 is 1.71 bits per heavy atom. The van der Waals surface area contributed by atoms with E-state index < -0.39 is 5.82 Å². The molecule has 2 aromatic carbocycles. The molecule has 1 aromatic heterocycles. The molecular weight excluding hydrogens is 435 g/mol. The predicted octanol–water partition coefficient (Wildman–Crippen LogP) is 3.60. The summed E-state index contributed by atoms with van der Waals surface area (Å²) >= 11 is 0. The molecule has 8 heteroatoms. The fourth-order valence-corrected chi connectivity index (χ4v) is 4.07. The molecule has 0 amide bonds. The maximum absolute atomic E-state index is 14.5. The molecule has 1 fully saturated rings. The van der Waals surface area contributed by atoms with Gasteiger partial charge in [0, 0.05) is 67.4 Å². The van der Waals surface area contributed by atoms with Gasteiger partial charge in [0.15, 0.2) is 0 Å². The Kier molecular flexibility index (Phi) is 7.69. The molecule has 1 aliphatic rings. The van der Waals surface area contributed by atoms with Gasteiger partial charge >= 0.3 is 5.97 Å². The van der Waals surface area contributed by atoms with Crippen molar-refractivity contribution in [2.75, 3.05) is 42.6 Å². The fourth-order valence-electron chi connectivity index (χ4n) is 4.07. The Bertz CT molecular complexity index is 1100. The molecule has 1 N–H and O–H groups in total. The van der Waals surface area contributed by atoms with Gasteiger partial charge in [0.05, 0.1) is 13.2 Å². The average Bonchev–Trinajstić information content (AvgIpc) is 2.88. The predicted molar refractivity (Wildman–Crippen MR) is 129 cm³/mol. The fraction of sp³-hybridized carbons (Fsp3) is 0.346. The summed E-state index contributed by atoms with van der Waals surface area (Å²) in [4.78, 5) is 24.9. The number of aliphatic hydroxyl groups is 1. The Hall–Kier alpha value is -3.52. The van der Waals surface area contributed by atoms with Crippen LogP contribution in [0.3, 0.4) is 0 Å². The SMILES string of the molecule is CCOC(=O)CCc1ccc(N2CCN(c3ncc(-c4cccc(CO)c4F)cn3)CC2)cc1. The second kappa shape index (κ2) is 11.1. The first-order valence-electron chi connectivity index (χ1n) is 11.5. The number of aliphatic hydroxyl groups excluding tert-OH is 1. The van der Waals surface area contributed by atoms with E-state index in [1.807, 2.05) is 6.92 Å². The third kappa shape index (κ3) is 5.51. The van der Waals surface area contributed by atoms with E-state index in [1.54, 1.807) is 30.6 Å². The van der Waals surface area contributed by atoms with Crippen molar-refractivity contribution in [2.45, 2.75) is 26.4 Å². The maximum atomic E-state index is 14.5. The van der Waals surface area contributed by atoms with Crippen molar-refractivity contribution >= 4 is 17.6 Å². The normalized spacial score (nSPS) is 13.7. The number of piperazine rings is 1. The number of carbonyl (C=O) groups is 1. The van der Waals surface area contributed by atoms with E-state index in [2.05, 4.69) is 44.0 Å². The standard InChI is InChI=1S/C26H29FN4O3/c1-2-34-24(33)11-8-19-6-9-22(10-7-19)30-12-14-31(15-13-30)26-28-16-21(17-29-26)23-5-3-4-20(18-32)25(23)27/h3-7,9-10,16-17,32H,2,8,11-15,18H2,1H3. The average molecular weight is 465 g/mol. The molecule has 0 radical (unpaired) electrons. The van der Waals surface area contributed by atoms with Crippen molar-refractivity contribution in [1.82, 2.24) is 9.97 Å². The van der Waals surface area contributed by atoms with Crippen LogP contribution in [0.1, 0.15) is 24.5 Å². The molecule has 0 atom stereocenters. The van der Waals surface area contributed by atoms with E-state index in [9.17, 15) is 14.3 Å². The third-order valence-corrected chi connectivity index (χ3v) is 5.99. The van der Waals surface area contributed by atoms with Gasteiger partial charge < -0.3 is 19.6 Å². The summed E-state index contributed by atoms with van der Waals surface area (Å²) < 4.78 is 19.5. The number of nitrogens with zero attached hydrogens (tertiary/aromatic N) is 4. The lowest BCUT2D eigenvalue weighted by Crippen LogP contribution is -2.47. The van der Waals surface area contributed by atoms with Gasteiger partial charge in [0.2, 0.25) is 5.95 Å². The number of anilines is 2. The van der Waals surface area contributed by atoms with Crippen molar-refractivity contribution in [3.8, 4) is 11.1 Å². The van der Waals surface area contributed by atoms with Crippen LogP contribution in [0, 0.1) is 5.82 Å². The van der Waals surface area contributed by atoms with Gasteiger partial charge in [-0.2, -0.15) is 0 Å². The topological polar surface area (TPSA) is 78.8 Å². The van der Waals surface area contributed by atoms with E-state index in [0.717, 1.165) is 37.4 Å². The highest BCUT2D eigenvalue weighted by Crippen LogP contribution is 2.25. The van der Waals surface area contributed by atoms with Crippen molar-refractivity contribution in [3.63, 3.8) is 0 Å². The molecule has 34 heavy (non-hydrogen) atoms. The van der Waals surface area contributed by atoms with Crippen LogP contribution < -0.4 is 9.80 Å². The molecule has 178 valence electrons. The highest BCUT2D eigenvalue weighted by Gasteiger charge is 2.20. The van der Waals surface area contributed by atoms with Crippen LogP contribution in [-0.2, 0) is 22.6 Å². The summed E-state index contributed by atoms with van der Waals surface area (Å²) in [5.74, 6) is 0.0140. The number of aryl methyl sites for hydroxylation is 1. The number of hydrogen-bond acceptors (Lipinski definition) is 7. The quantitative estimate of drug-likeness (QED) is 0.511. The van der Waals surface area contributed by atoms with Gasteiger partial charge in [-0.3, -0.25) is 4.79 Å². The van der Waals surface area contributed by atoms with Gasteiger partial charge in [-0.15, -0.1) is 0 Å². The summed E-state index contributed by atoms with van der Waals surface area (Å²) in [7, 11) is 0. The zero-order valence-electron chi connectivity index (χ0n) is 19.3. The second-order valence-electron chi connectivity index (χ2n) is 8.15. The summed E-state index contributed by atoms with van der Waals surface area (Å²) in [6, 6.07) is 13.2. The second-order valence-corrected chi connectivity index (χ2v) is 8.15. The molecule has 0 unspecified atom stereocenters. The van der Waals surface area contributed by atoms with E-state index >= 15 is 0 Å².